The number of benzene rings is 2. The van der Waals surface area contributed by atoms with E-state index in [0.717, 1.165) is 49.3 Å². The molecule has 0 bridgehead atoms. The number of hydrogen-bond acceptors (Lipinski definition) is 5. The minimum Gasteiger partial charge on any atom is -0.368 e. The second-order valence-corrected chi connectivity index (χ2v) is 6.87. The molecule has 0 N–H and O–H groups in total. The van der Waals surface area contributed by atoms with Gasteiger partial charge in [0.1, 0.15) is 5.82 Å². The van der Waals surface area contributed by atoms with E-state index in [2.05, 4.69) is 63.3 Å². The quantitative estimate of drug-likeness (QED) is 0.706. The van der Waals surface area contributed by atoms with E-state index in [1.165, 1.54) is 5.69 Å². The summed E-state index contributed by atoms with van der Waals surface area (Å²) in [4.78, 5) is 16.3. The van der Waals surface area contributed by atoms with Crippen LogP contribution in [0, 0.1) is 6.92 Å². The first kappa shape index (κ1) is 17.3. The molecule has 0 amide bonds. The van der Waals surface area contributed by atoms with Crippen LogP contribution < -0.4 is 14.7 Å². The van der Waals surface area contributed by atoms with Gasteiger partial charge in [-0.1, -0.05) is 36.4 Å². The summed E-state index contributed by atoms with van der Waals surface area (Å²) in [5.41, 5.74) is 3.37. The van der Waals surface area contributed by atoms with Crippen LogP contribution in [0.2, 0.25) is 0 Å². The van der Waals surface area contributed by atoms with Crippen molar-refractivity contribution >= 4 is 23.1 Å². The van der Waals surface area contributed by atoms with Gasteiger partial charge in [-0.3, -0.25) is 0 Å². The maximum Gasteiger partial charge on any atom is 0.231 e. The molecule has 1 saturated heterocycles. The number of nitrogens with zero attached hydrogens (tertiary/aromatic N) is 5. The first-order valence-corrected chi connectivity index (χ1v) is 9.40. The zero-order chi connectivity index (χ0) is 18.6. The van der Waals surface area contributed by atoms with Crippen LogP contribution in [0.25, 0.3) is 0 Å². The summed E-state index contributed by atoms with van der Waals surface area (Å²) in [6.07, 6.45) is 0. The fourth-order valence-electron chi connectivity index (χ4n) is 3.45. The molecule has 0 saturated carbocycles. The summed E-state index contributed by atoms with van der Waals surface area (Å²) in [6.45, 7) is 5.95. The van der Waals surface area contributed by atoms with E-state index in [1.807, 2.05) is 37.1 Å². The van der Waals surface area contributed by atoms with Gasteiger partial charge in [0.25, 0.3) is 0 Å². The Morgan fingerprint density at radius 2 is 1.37 bits per heavy atom. The average molecular weight is 359 g/mol. The van der Waals surface area contributed by atoms with Gasteiger partial charge in [0.15, 0.2) is 0 Å². The van der Waals surface area contributed by atoms with Gasteiger partial charge in [-0.2, -0.15) is 4.98 Å². The van der Waals surface area contributed by atoms with E-state index in [-0.39, 0.29) is 0 Å². The molecule has 3 aromatic rings. The van der Waals surface area contributed by atoms with Gasteiger partial charge in [0, 0.05) is 56.4 Å². The van der Waals surface area contributed by atoms with Crippen molar-refractivity contribution in [1.82, 2.24) is 9.97 Å². The number of aromatic nitrogens is 2. The Balaban J connectivity index is 1.51. The summed E-state index contributed by atoms with van der Waals surface area (Å²) in [7, 11) is 2.02. The highest BCUT2D eigenvalue weighted by molar-refractivity contribution is 5.58. The Kier molecular flexibility index (Phi) is 4.92. The van der Waals surface area contributed by atoms with Gasteiger partial charge in [0.05, 0.1) is 0 Å². The van der Waals surface area contributed by atoms with Crippen LogP contribution in [0.4, 0.5) is 23.1 Å². The fraction of sp³-hybridized carbons (Fsp3) is 0.273. The molecule has 0 unspecified atom stereocenters. The Bertz CT molecular complexity index is 874. The van der Waals surface area contributed by atoms with E-state index in [9.17, 15) is 0 Å². The summed E-state index contributed by atoms with van der Waals surface area (Å²) in [6, 6.07) is 22.9. The summed E-state index contributed by atoms with van der Waals surface area (Å²) < 4.78 is 0. The summed E-state index contributed by atoms with van der Waals surface area (Å²) in [5, 5.41) is 0. The molecule has 1 aliphatic heterocycles. The lowest BCUT2D eigenvalue weighted by Gasteiger charge is -2.37. The molecule has 4 rings (SSSR count). The van der Waals surface area contributed by atoms with Gasteiger partial charge >= 0.3 is 0 Å². The van der Waals surface area contributed by atoms with E-state index >= 15 is 0 Å². The molecule has 138 valence electrons. The SMILES string of the molecule is Cc1cc(N2CCN(c3ccccc3)CC2)nc(N(C)c2ccccc2)n1. The lowest BCUT2D eigenvalue weighted by atomic mass is 10.2. The number of para-hydroxylation sites is 2. The number of piperazine rings is 1. The number of rotatable bonds is 4. The lowest BCUT2D eigenvalue weighted by molar-refractivity contribution is 0.646. The molecule has 0 spiro atoms. The third-order valence-electron chi connectivity index (χ3n) is 5.00. The van der Waals surface area contributed by atoms with Crippen LogP contribution in [0.5, 0.6) is 0 Å². The van der Waals surface area contributed by atoms with Crippen LogP contribution in [0.1, 0.15) is 5.69 Å². The Morgan fingerprint density at radius 1 is 0.778 bits per heavy atom. The Morgan fingerprint density at radius 3 is 2.04 bits per heavy atom. The van der Waals surface area contributed by atoms with Gasteiger partial charge in [-0.15, -0.1) is 0 Å². The standard InChI is InChI=1S/C22H25N5/c1-18-17-21(24-22(23-18)25(2)19-9-5-3-6-10-19)27-15-13-26(14-16-27)20-11-7-4-8-12-20/h3-12,17H,13-16H2,1-2H3. The molecule has 0 atom stereocenters. The van der Waals surface area contributed by atoms with Crippen molar-refractivity contribution < 1.29 is 0 Å². The predicted molar refractivity (Wildman–Crippen MR) is 112 cm³/mol. The first-order valence-electron chi connectivity index (χ1n) is 9.40. The first-order chi connectivity index (χ1) is 13.2. The highest BCUT2D eigenvalue weighted by Crippen LogP contribution is 2.24. The van der Waals surface area contributed by atoms with Crippen LogP contribution in [-0.4, -0.2) is 43.2 Å². The van der Waals surface area contributed by atoms with E-state index in [1.54, 1.807) is 0 Å². The van der Waals surface area contributed by atoms with Crippen molar-refractivity contribution in [3.8, 4) is 0 Å². The van der Waals surface area contributed by atoms with Gasteiger partial charge in [-0.25, -0.2) is 4.98 Å². The second-order valence-electron chi connectivity index (χ2n) is 6.87. The van der Waals surface area contributed by atoms with E-state index in [0.29, 0.717) is 0 Å². The smallest absolute Gasteiger partial charge is 0.231 e. The molecule has 1 fully saturated rings. The van der Waals surface area contributed by atoms with Crippen molar-refractivity contribution in [3.63, 3.8) is 0 Å². The largest absolute Gasteiger partial charge is 0.368 e. The molecule has 1 aliphatic rings. The maximum atomic E-state index is 4.85. The van der Waals surface area contributed by atoms with E-state index < -0.39 is 0 Å². The molecular formula is C22H25N5. The molecular weight excluding hydrogens is 334 g/mol. The summed E-state index contributed by atoms with van der Waals surface area (Å²) in [5.74, 6) is 1.75. The molecule has 5 nitrogen and oxygen atoms in total. The molecule has 1 aromatic heterocycles. The molecule has 2 aromatic carbocycles. The molecule has 0 radical (unpaired) electrons. The molecule has 0 aliphatic carbocycles. The minimum atomic E-state index is 0.738. The minimum absolute atomic E-state index is 0.738. The zero-order valence-electron chi connectivity index (χ0n) is 15.9. The fourth-order valence-corrected chi connectivity index (χ4v) is 3.45. The molecule has 27 heavy (non-hydrogen) atoms. The van der Waals surface area contributed by atoms with Gasteiger partial charge in [-0.05, 0) is 31.2 Å². The van der Waals surface area contributed by atoms with E-state index in [4.69, 9.17) is 4.98 Å². The van der Waals surface area contributed by atoms with Crippen molar-refractivity contribution in [2.75, 3.05) is 47.9 Å². The van der Waals surface area contributed by atoms with Crippen LogP contribution in [0.3, 0.4) is 0 Å². The molecule has 2 heterocycles. The average Bonchev–Trinajstić information content (AvgIpc) is 2.74. The van der Waals surface area contributed by atoms with Crippen molar-refractivity contribution in [2.45, 2.75) is 6.92 Å². The highest BCUT2D eigenvalue weighted by Gasteiger charge is 2.20. The number of anilines is 4. The van der Waals surface area contributed by atoms with Gasteiger partial charge in [0.2, 0.25) is 5.95 Å². The third kappa shape index (κ3) is 3.87. The topological polar surface area (TPSA) is 35.5 Å². The van der Waals surface area contributed by atoms with Crippen LogP contribution in [-0.2, 0) is 0 Å². The van der Waals surface area contributed by atoms with Crippen LogP contribution >= 0.6 is 0 Å². The number of hydrogen-bond donors (Lipinski definition) is 0. The van der Waals surface area contributed by atoms with Crippen molar-refractivity contribution in [2.24, 2.45) is 0 Å². The van der Waals surface area contributed by atoms with Gasteiger partial charge < -0.3 is 14.7 Å². The summed E-state index contributed by atoms with van der Waals surface area (Å²) >= 11 is 0. The molecule has 5 heteroatoms. The second kappa shape index (κ2) is 7.66. The lowest BCUT2D eigenvalue weighted by Crippen LogP contribution is -2.47. The van der Waals surface area contributed by atoms with Crippen molar-refractivity contribution in [3.05, 3.63) is 72.4 Å². The third-order valence-corrected chi connectivity index (χ3v) is 5.00. The maximum absolute atomic E-state index is 4.85. The monoisotopic (exact) mass is 359 g/mol. The Labute approximate surface area is 160 Å². The predicted octanol–water partition coefficient (Wildman–Crippen LogP) is 3.88. The zero-order valence-corrected chi connectivity index (χ0v) is 15.9. The number of aryl methyl sites for hydroxylation is 1. The Hall–Kier alpha value is -3.08. The highest BCUT2D eigenvalue weighted by atomic mass is 15.3. The van der Waals surface area contributed by atoms with Crippen LogP contribution in [0.15, 0.2) is 66.7 Å². The van der Waals surface area contributed by atoms with Crippen molar-refractivity contribution in [1.29, 1.82) is 0 Å². The normalized spacial score (nSPS) is 14.3.